The highest BCUT2D eigenvalue weighted by atomic mass is 16.5. The minimum Gasteiger partial charge on any atom is -0.508 e. The van der Waals surface area contributed by atoms with Crippen LogP contribution in [-0.4, -0.2) is 21.6 Å². The number of unbranched alkanes of at least 4 members (excludes halogenated alkanes) is 4. The lowest BCUT2D eigenvalue weighted by Gasteiger charge is -2.19. The van der Waals surface area contributed by atoms with Crippen molar-refractivity contribution in [3.8, 4) is 5.75 Å². The van der Waals surface area contributed by atoms with Crippen LogP contribution >= 0.6 is 0 Å². The van der Waals surface area contributed by atoms with Crippen LogP contribution in [0, 0.1) is 0 Å². The summed E-state index contributed by atoms with van der Waals surface area (Å²) in [7, 11) is 0. The maximum Gasteiger partial charge on any atom is 0.158 e. The summed E-state index contributed by atoms with van der Waals surface area (Å²) >= 11 is 0. The summed E-state index contributed by atoms with van der Waals surface area (Å²) in [6.45, 7) is 2.18. The molecule has 0 amide bonds. The topological polar surface area (TPSA) is 60.7 Å². The van der Waals surface area contributed by atoms with Crippen LogP contribution < -0.4 is 0 Å². The van der Waals surface area contributed by atoms with Gasteiger partial charge in [-0.15, -0.1) is 0 Å². The zero-order valence-electron chi connectivity index (χ0n) is 11.0. The fraction of sp³-hybridized carbons (Fsp3) is 0.600. The Bertz CT molecular complexity index is 319. The fourth-order valence-electron chi connectivity index (χ4n) is 2.18. The molecule has 3 nitrogen and oxygen atoms in total. The summed E-state index contributed by atoms with van der Waals surface area (Å²) in [4.78, 5) is 0. The van der Waals surface area contributed by atoms with Gasteiger partial charge in [-0.05, 0) is 24.1 Å². The molecule has 0 bridgehead atoms. The van der Waals surface area contributed by atoms with Crippen LogP contribution in [-0.2, 0) is 0 Å². The van der Waals surface area contributed by atoms with Gasteiger partial charge < -0.3 is 15.3 Å². The SMILES string of the molecule is CCCCCCCC(c1ccc(O)cc1)C(O)O. The van der Waals surface area contributed by atoms with E-state index in [0.717, 1.165) is 24.8 Å². The summed E-state index contributed by atoms with van der Waals surface area (Å²) in [5.41, 5.74) is 0.873. The third kappa shape index (κ3) is 5.07. The van der Waals surface area contributed by atoms with E-state index >= 15 is 0 Å². The van der Waals surface area contributed by atoms with Gasteiger partial charge in [-0.2, -0.15) is 0 Å². The van der Waals surface area contributed by atoms with Crippen molar-refractivity contribution >= 4 is 0 Å². The number of benzene rings is 1. The highest BCUT2D eigenvalue weighted by Gasteiger charge is 2.18. The Kier molecular flexibility index (Phi) is 6.76. The molecule has 1 atom stereocenters. The van der Waals surface area contributed by atoms with Crippen LogP contribution in [0.5, 0.6) is 5.75 Å². The molecule has 1 rings (SSSR count). The van der Waals surface area contributed by atoms with Crippen molar-refractivity contribution in [1.82, 2.24) is 0 Å². The lowest BCUT2D eigenvalue weighted by atomic mass is 9.92. The molecule has 3 heteroatoms. The van der Waals surface area contributed by atoms with Gasteiger partial charge in [0.2, 0.25) is 0 Å². The second-order valence-electron chi connectivity index (χ2n) is 4.81. The summed E-state index contributed by atoms with van der Waals surface area (Å²) in [5, 5.41) is 28.1. The molecule has 0 radical (unpaired) electrons. The molecule has 18 heavy (non-hydrogen) atoms. The smallest absolute Gasteiger partial charge is 0.158 e. The first-order valence-electron chi connectivity index (χ1n) is 6.80. The molecule has 0 saturated carbocycles. The maximum atomic E-state index is 9.43. The second kappa shape index (κ2) is 8.11. The molecule has 0 spiro atoms. The van der Waals surface area contributed by atoms with E-state index in [-0.39, 0.29) is 11.7 Å². The lowest BCUT2D eigenvalue weighted by molar-refractivity contribution is -0.0624. The number of hydrogen-bond donors (Lipinski definition) is 3. The molecular weight excluding hydrogens is 228 g/mol. The van der Waals surface area contributed by atoms with Gasteiger partial charge in [0.05, 0.1) is 0 Å². The third-order valence-electron chi connectivity index (χ3n) is 3.30. The highest BCUT2D eigenvalue weighted by molar-refractivity contribution is 5.28. The van der Waals surface area contributed by atoms with Crippen molar-refractivity contribution in [1.29, 1.82) is 0 Å². The van der Waals surface area contributed by atoms with Gasteiger partial charge in [-0.3, -0.25) is 0 Å². The first-order chi connectivity index (χ1) is 8.65. The molecule has 0 heterocycles. The predicted octanol–water partition coefficient (Wildman–Crippen LogP) is 3.15. The van der Waals surface area contributed by atoms with Crippen molar-refractivity contribution in [3.05, 3.63) is 29.8 Å². The minimum absolute atomic E-state index is 0.202. The van der Waals surface area contributed by atoms with E-state index in [0.29, 0.717) is 0 Å². The van der Waals surface area contributed by atoms with E-state index in [4.69, 9.17) is 0 Å². The van der Waals surface area contributed by atoms with Crippen LogP contribution in [0.25, 0.3) is 0 Å². The molecule has 0 aliphatic rings. The van der Waals surface area contributed by atoms with Crippen LogP contribution in [0.4, 0.5) is 0 Å². The molecule has 102 valence electrons. The minimum atomic E-state index is -1.33. The van der Waals surface area contributed by atoms with Gasteiger partial charge in [0.25, 0.3) is 0 Å². The third-order valence-corrected chi connectivity index (χ3v) is 3.30. The van der Waals surface area contributed by atoms with Gasteiger partial charge in [-0.25, -0.2) is 0 Å². The summed E-state index contributed by atoms with van der Waals surface area (Å²) in [6, 6.07) is 6.68. The van der Waals surface area contributed by atoms with Crippen molar-refractivity contribution in [2.45, 2.75) is 57.7 Å². The second-order valence-corrected chi connectivity index (χ2v) is 4.81. The van der Waals surface area contributed by atoms with E-state index < -0.39 is 6.29 Å². The number of hydrogen-bond acceptors (Lipinski definition) is 3. The van der Waals surface area contributed by atoms with Crippen LogP contribution in [0.3, 0.4) is 0 Å². The lowest BCUT2D eigenvalue weighted by Crippen LogP contribution is -2.17. The summed E-state index contributed by atoms with van der Waals surface area (Å²) in [5.74, 6) is -0.0555. The van der Waals surface area contributed by atoms with E-state index in [9.17, 15) is 15.3 Å². The predicted molar refractivity (Wildman–Crippen MR) is 72.4 cm³/mol. The van der Waals surface area contributed by atoms with Gasteiger partial charge in [0.1, 0.15) is 5.75 Å². The molecule has 0 aromatic heterocycles. The number of aliphatic hydroxyl groups is 2. The van der Waals surface area contributed by atoms with Gasteiger partial charge in [0, 0.05) is 5.92 Å². The molecule has 1 unspecified atom stereocenters. The fourth-order valence-corrected chi connectivity index (χ4v) is 2.18. The Hall–Kier alpha value is -1.06. The summed E-state index contributed by atoms with van der Waals surface area (Å²) < 4.78 is 0. The molecule has 1 aromatic carbocycles. The molecule has 0 saturated heterocycles. The van der Waals surface area contributed by atoms with E-state index in [1.807, 2.05) is 0 Å². The van der Waals surface area contributed by atoms with Crippen LogP contribution in [0.1, 0.15) is 56.9 Å². The molecule has 0 fully saturated rings. The van der Waals surface area contributed by atoms with Crippen molar-refractivity contribution in [2.24, 2.45) is 0 Å². The normalized spacial score (nSPS) is 12.9. The molecule has 1 aromatic rings. The zero-order chi connectivity index (χ0) is 13.4. The Labute approximate surface area is 109 Å². The highest BCUT2D eigenvalue weighted by Crippen LogP contribution is 2.26. The molecule has 0 aliphatic carbocycles. The quantitative estimate of drug-likeness (QED) is 0.492. The Morgan fingerprint density at radius 3 is 2.11 bits per heavy atom. The Morgan fingerprint density at radius 2 is 1.56 bits per heavy atom. The van der Waals surface area contributed by atoms with Crippen molar-refractivity contribution < 1.29 is 15.3 Å². The standard InChI is InChI=1S/C15H24O3/c1-2-3-4-5-6-7-14(15(17)18)12-8-10-13(16)11-9-12/h8-11,14-18H,2-7H2,1H3. The first kappa shape index (κ1) is 15.0. The number of phenols is 1. The van der Waals surface area contributed by atoms with E-state index in [1.165, 1.54) is 19.3 Å². The van der Waals surface area contributed by atoms with Crippen LogP contribution in [0.15, 0.2) is 24.3 Å². The monoisotopic (exact) mass is 252 g/mol. The summed E-state index contributed by atoms with van der Waals surface area (Å²) in [6.07, 6.45) is 5.24. The Balaban J connectivity index is 2.47. The van der Waals surface area contributed by atoms with E-state index in [1.54, 1.807) is 24.3 Å². The number of phenolic OH excluding ortho intramolecular Hbond substituents is 1. The first-order valence-corrected chi connectivity index (χ1v) is 6.80. The number of rotatable bonds is 8. The molecule has 0 aliphatic heterocycles. The number of aliphatic hydroxyl groups excluding tert-OH is 1. The van der Waals surface area contributed by atoms with Gasteiger partial charge in [-0.1, -0.05) is 51.2 Å². The number of aromatic hydroxyl groups is 1. The van der Waals surface area contributed by atoms with E-state index in [2.05, 4.69) is 6.92 Å². The van der Waals surface area contributed by atoms with Gasteiger partial charge >= 0.3 is 0 Å². The van der Waals surface area contributed by atoms with Crippen molar-refractivity contribution in [3.63, 3.8) is 0 Å². The molecular formula is C15H24O3. The van der Waals surface area contributed by atoms with Crippen molar-refractivity contribution in [2.75, 3.05) is 0 Å². The molecule has 3 N–H and O–H groups in total. The van der Waals surface area contributed by atoms with Gasteiger partial charge in [0.15, 0.2) is 6.29 Å². The Morgan fingerprint density at radius 1 is 0.944 bits per heavy atom. The van der Waals surface area contributed by atoms with Crippen LogP contribution in [0.2, 0.25) is 0 Å². The maximum absolute atomic E-state index is 9.43. The average molecular weight is 252 g/mol. The largest absolute Gasteiger partial charge is 0.508 e. The average Bonchev–Trinajstić information content (AvgIpc) is 2.35. The zero-order valence-corrected chi connectivity index (χ0v) is 11.0.